The molecule has 0 spiro atoms. The van der Waals surface area contributed by atoms with Gasteiger partial charge in [-0.15, -0.1) is 0 Å². The number of rotatable bonds is 4. The van der Waals surface area contributed by atoms with Crippen molar-refractivity contribution in [3.8, 4) is 5.75 Å². The molecule has 1 aromatic carbocycles. The van der Waals surface area contributed by atoms with E-state index in [0.717, 1.165) is 5.56 Å². The largest absolute Gasteiger partial charge is 0.496 e. The molecule has 2 aromatic rings. The summed E-state index contributed by atoms with van der Waals surface area (Å²) in [6.45, 7) is 1.51. The maximum Gasteiger partial charge on any atom is 0.338 e. The van der Waals surface area contributed by atoms with Crippen LogP contribution in [0.5, 0.6) is 5.75 Å². The number of para-hydroxylation sites is 1. The Bertz CT molecular complexity index is 631. The molecule has 0 aliphatic carbocycles. The highest BCUT2D eigenvalue weighted by atomic mass is 16.6. The van der Waals surface area contributed by atoms with Crippen LogP contribution in [0, 0.1) is 17.0 Å². The lowest BCUT2D eigenvalue weighted by Crippen LogP contribution is -1.90. The second kappa shape index (κ2) is 5.34. The van der Waals surface area contributed by atoms with Crippen molar-refractivity contribution >= 4 is 17.8 Å². The summed E-state index contributed by atoms with van der Waals surface area (Å²) in [5, 5.41) is 14.5. The van der Waals surface area contributed by atoms with E-state index in [0.29, 0.717) is 5.75 Å². The average molecular weight is 260 g/mol. The summed E-state index contributed by atoms with van der Waals surface area (Å²) in [5.74, 6) is 0.867. The Morgan fingerprint density at radius 3 is 2.79 bits per heavy atom. The Hall–Kier alpha value is -2.63. The number of methoxy groups -OCH3 is 1. The van der Waals surface area contributed by atoms with Crippen LogP contribution in [0.15, 0.2) is 28.8 Å². The normalized spacial score (nSPS) is 10.8. The number of aryl methyl sites for hydroxylation is 1. The van der Waals surface area contributed by atoms with Crippen molar-refractivity contribution in [2.24, 2.45) is 0 Å². The molecule has 0 bridgehead atoms. The third-order valence-electron chi connectivity index (χ3n) is 2.60. The maximum atomic E-state index is 10.9. The van der Waals surface area contributed by atoms with Crippen LogP contribution in [0.3, 0.4) is 0 Å². The lowest BCUT2D eigenvalue weighted by atomic mass is 10.1. The molecule has 1 aromatic heterocycles. The van der Waals surface area contributed by atoms with E-state index in [1.807, 2.05) is 24.3 Å². The lowest BCUT2D eigenvalue weighted by Gasteiger charge is -2.02. The number of nitro groups is 1. The van der Waals surface area contributed by atoms with Gasteiger partial charge in [0, 0.05) is 12.5 Å². The van der Waals surface area contributed by atoms with Crippen LogP contribution in [-0.4, -0.2) is 17.2 Å². The van der Waals surface area contributed by atoms with Crippen LogP contribution in [0.4, 0.5) is 5.69 Å². The molecule has 0 atom stereocenters. The highest BCUT2D eigenvalue weighted by Crippen LogP contribution is 2.26. The molecule has 0 fully saturated rings. The smallest absolute Gasteiger partial charge is 0.338 e. The van der Waals surface area contributed by atoms with Gasteiger partial charge in [-0.3, -0.25) is 10.1 Å². The Balaban J connectivity index is 2.36. The van der Waals surface area contributed by atoms with Gasteiger partial charge >= 0.3 is 5.69 Å². The molecule has 0 aliphatic heterocycles. The summed E-state index contributed by atoms with van der Waals surface area (Å²) < 4.78 is 10.0. The Morgan fingerprint density at radius 1 is 1.37 bits per heavy atom. The number of hydrogen-bond acceptors (Lipinski definition) is 5. The first-order chi connectivity index (χ1) is 9.13. The summed E-state index contributed by atoms with van der Waals surface area (Å²) in [5.41, 5.74) is 0.875. The first kappa shape index (κ1) is 12.8. The molecule has 0 saturated heterocycles. The Kier molecular flexibility index (Phi) is 3.61. The molecule has 19 heavy (non-hydrogen) atoms. The third-order valence-corrected chi connectivity index (χ3v) is 2.60. The molecule has 0 saturated carbocycles. The molecular formula is C13H12N2O4. The summed E-state index contributed by atoms with van der Waals surface area (Å²) in [6.07, 6.45) is 3.23. The van der Waals surface area contributed by atoms with Gasteiger partial charge in [-0.25, -0.2) is 0 Å². The van der Waals surface area contributed by atoms with Gasteiger partial charge in [-0.05, 0) is 18.2 Å². The van der Waals surface area contributed by atoms with E-state index >= 15 is 0 Å². The molecule has 6 heteroatoms. The molecule has 0 radical (unpaired) electrons. The first-order valence-electron chi connectivity index (χ1n) is 5.55. The standard InChI is InChI=1S/C13H12N2O4/c1-9-13(15(16)17)11(14-19-9)8-7-10-5-3-4-6-12(10)18-2/h3-8H,1-2H3/b8-7+. The summed E-state index contributed by atoms with van der Waals surface area (Å²) in [7, 11) is 1.56. The zero-order valence-electron chi connectivity index (χ0n) is 10.5. The SMILES string of the molecule is COc1ccccc1/C=C/c1noc(C)c1[N+](=O)[O-]. The molecule has 6 nitrogen and oxygen atoms in total. The van der Waals surface area contributed by atoms with Crippen molar-refractivity contribution < 1.29 is 14.2 Å². The Morgan fingerprint density at radius 2 is 2.11 bits per heavy atom. The molecular weight excluding hydrogens is 248 g/mol. The van der Waals surface area contributed by atoms with Gasteiger partial charge in [0.1, 0.15) is 5.75 Å². The molecule has 1 heterocycles. The molecule has 0 N–H and O–H groups in total. The van der Waals surface area contributed by atoms with Crippen molar-refractivity contribution in [1.82, 2.24) is 5.16 Å². The van der Waals surface area contributed by atoms with Gasteiger partial charge in [0.2, 0.25) is 5.76 Å². The second-order valence-corrected chi connectivity index (χ2v) is 3.81. The third kappa shape index (κ3) is 2.62. The number of benzene rings is 1. The van der Waals surface area contributed by atoms with Crippen molar-refractivity contribution in [1.29, 1.82) is 0 Å². The van der Waals surface area contributed by atoms with E-state index in [2.05, 4.69) is 5.16 Å². The van der Waals surface area contributed by atoms with E-state index in [-0.39, 0.29) is 17.1 Å². The average Bonchev–Trinajstić information content (AvgIpc) is 2.78. The van der Waals surface area contributed by atoms with Crippen molar-refractivity contribution in [3.05, 3.63) is 51.4 Å². The topological polar surface area (TPSA) is 78.4 Å². The van der Waals surface area contributed by atoms with Crippen molar-refractivity contribution in [3.63, 3.8) is 0 Å². The fourth-order valence-electron chi connectivity index (χ4n) is 1.69. The zero-order valence-corrected chi connectivity index (χ0v) is 10.5. The summed E-state index contributed by atoms with van der Waals surface area (Å²) in [4.78, 5) is 10.4. The molecule has 0 unspecified atom stereocenters. The maximum absolute atomic E-state index is 10.9. The van der Waals surface area contributed by atoms with E-state index in [1.165, 1.54) is 13.0 Å². The number of hydrogen-bond donors (Lipinski definition) is 0. The van der Waals surface area contributed by atoms with Gasteiger partial charge in [0.25, 0.3) is 0 Å². The summed E-state index contributed by atoms with van der Waals surface area (Å²) in [6, 6.07) is 7.35. The van der Waals surface area contributed by atoms with Crippen LogP contribution in [0.1, 0.15) is 17.0 Å². The van der Waals surface area contributed by atoms with Gasteiger partial charge < -0.3 is 9.26 Å². The summed E-state index contributed by atoms with van der Waals surface area (Å²) >= 11 is 0. The molecule has 2 rings (SSSR count). The fraction of sp³-hybridized carbons (Fsp3) is 0.154. The van der Waals surface area contributed by atoms with Gasteiger partial charge in [0.05, 0.1) is 12.0 Å². The van der Waals surface area contributed by atoms with Gasteiger partial charge in [-0.2, -0.15) is 0 Å². The van der Waals surface area contributed by atoms with E-state index in [1.54, 1.807) is 13.2 Å². The lowest BCUT2D eigenvalue weighted by molar-refractivity contribution is -0.386. The van der Waals surface area contributed by atoms with E-state index < -0.39 is 4.92 Å². The number of nitrogens with zero attached hydrogens (tertiary/aromatic N) is 2. The van der Waals surface area contributed by atoms with Gasteiger partial charge in [0.15, 0.2) is 5.69 Å². The molecule has 0 aliphatic rings. The number of aromatic nitrogens is 1. The minimum absolute atomic E-state index is 0.119. The quantitative estimate of drug-likeness (QED) is 0.623. The van der Waals surface area contributed by atoms with Crippen LogP contribution in [-0.2, 0) is 0 Å². The predicted molar refractivity (Wildman–Crippen MR) is 69.8 cm³/mol. The van der Waals surface area contributed by atoms with Gasteiger partial charge in [-0.1, -0.05) is 23.4 Å². The molecule has 98 valence electrons. The Labute approximate surface area is 109 Å². The molecule has 0 amide bonds. The van der Waals surface area contributed by atoms with Crippen LogP contribution in [0.25, 0.3) is 12.2 Å². The predicted octanol–water partition coefficient (Wildman–Crippen LogP) is 3.07. The van der Waals surface area contributed by atoms with Crippen molar-refractivity contribution in [2.45, 2.75) is 6.92 Å². The minimum Gasteiger partial charge on any atom is -0.496 e. The minimum atomic E-state index is -0.506. The van der Waals surface area contributed by atoms with Crippen LogP contribution < -0.4 is 4.74 Å². The van der Waals surface area contributed by atoms with E-state index in [9.17, 15) is 10.1 Å². The zero-order chi connectivity index (χ0) is 13.8. The second-order valence-electron chi connectivity index (χ2n) is 3.81. The van der Waals surface area contributed by atoms with Crippen LogP contribution >= 0.6 is 0 Å². The van der Waals surface area contributed by atoms with Crippen molar-refractivity contribution in [2.75, 3.05) is 7.11 Å². The van der Waals surface area contributed by atoms with E-state index in [4.69, 9.17) is 9.26 Å². The van der Waals surface area contributed by atoms with Crippen LogP contribution in [0.2, 0.25) is 0 Å². The number of ether oxygens (including phenoxy) is 1. The monoisotopic (exact) mass is 260 g/mol. The highest BCUT2D eigenvalue weighted by Gasteiger charge is 2.21. The first-order valence-corrected chi connectivity index (χ1v) is 5.55. The highest BCUT2D eigenvalue weighted by molar-refractivity contribution is 5.74. The fourth-order valence-corrected chi connectivity index (χ4v) is 1.69.